The number of pyridine rings is 1. The summed E-state index contributed by atoms with van der Waals surface area (Å²) in [4.78, 5) is 15.9. The Morgan fingerprint density at radius 3 is 2.67 bits per heavy atom. The van der Waals surface area contributed by atoms with Gasteiger partial charge in [-0.05, 0) is 31.7 Å². The topological polar surface area (TPSA) is 68.0 Å². The highest BCUT2D eigenvalue weighted by Crippen LogP contribution is 2.26. The van der Waals surface area contributed by atoms with Gasteiger partial charge in [0.2, 0.25) is 5.91 Å². The number of nitrogens with two attached hydrogens (primary N) is 1. The second kappa shape index (κ2) is 6.92. The SMILES string of the molecule is Cl.N[C@H]1CC[C@H](C(=O)Nc2ccncc2Cl)CC1. The lowest BCUT2D eigenvalue weighted by Gasteiger charge is -2.25. The van der Waals surface area contributed by atoms with Gasteiger partial charge in [-0.15, -0.1) is 12.4 Å². The van der Waals surface area contributed by atoms with Gasteiger partial charge >= 0.3 is 0 Å². The van der Waals surface area contributed by atoms with Crippen LogP contribution in [-0.4, -0.2) is 16.9 Å². The first-order chi connectivity index (χ1) is 8.16. The molecule has 4 nitrogen and oxygen atoms in total. The maximum Gasteiger partial charge on any atom is 0.227 e. The number of carbonyl (C=O) groups is 1. The van der Waals surface area contributed by atoms with Gasteiger partial charge < -0.3 is 11.1 Å². The van der Waals surface area contributed by atoms with Crippen LogP contribution < -0.4 is 11.1 Å². The van der Waals surface area contributed by atoms with E-state index < -0.39 is 0 Å². The summed E-state index contributed by atoms with van der Waals surface area (Å²) >= 11 is 5.93. The second-order valence-electron chi connectivity index (χ2n) is 4.46. The normalized spacial score (nSPS) is 23.0. The van der Waals surface area contributed by atoms with Crippen LogP contribution in [-0.2, 0) is 4.79 Å². The summed E-state index contributed by atoms with van der Waals surface area (Å²) in [5.74, 6) is 0.0871. The first-order valence-corrected chi connectivity index (χ1v) is 6.20. The van der Waals surface area contributed by atoms with Gasteiger partial charge in [0.05, 0.1) is 10.7 Å². The van der Waals surface area contributed by atoms with Crippen molar-refractivity contribution in [3.8, 4) is 0 Å². The van der Waals surface area contributed by atoms with Crippen molar-refractivity contribution in [1.82, 2.24) is 4.98 Å². The van der Waals surface area contributed by atoms with Crippen molar-refractivity contribution in [2.24, 2.45) is 11.7 Å². The summed E-state index contributed by atoms with van der Waals surface area (Å²) in [6.45, 7) is 0. The Bertz CT molecular complexity index is 406. The third-order valence-corrected chi connectivity index (χ3v) is 3.47. The van der Waals surface area contributed by atoms with Gasteiger partial charge in [-0.3, -0.25) is 9.78 Å². The molecule has 18 heavy (non-hydrogen) atoms. The summed E-state index contributed by atoms with van der Waals surface area (Å²) in [5, 5.41) is 3.31. The molecule has 1 heterocycles. The number of rotatable bonds is 2. The predicted molar refractivity (Wildman–Crippen MR) is 75.1 cm³/mol. The van der Waals surface area contributed by atoms with Crippen LogP contribution in [0.5, 0.6) is 0 Å². The quantitative estimate of drug-likeness (QED) is 0.879. The van der Waals surface area contributed by atoms with E-state index in [0.717, 1.165) is 25.7 Å². The van der Waals surface area contributed by atoms with Gasteiger partial charge in [-0.25, -0.2) is 0 Å². The molecule has 1 amide bonds. The summed E-state index contributed by atoms with van der Waals surface area (Å²) in [6.07, 6.45) is 6.68. The van der Waals surface area contributed by atoms with E-state index >= 15 is 0 Å². The maximum atomic E-state index is 12.0. The molecule has 0 radical (unpaired) electrons. The van der Waals surface area contributed by atoms with Crippen molar-refractivity contribution >= 4 is 35.6 Å². The van der Waals surface area contributed by atoms with Crippen molar-refractivity contribution in [1.29, 1.82) is 0 Å². The van der Waals surface area contributed by atoms with Crippen LogP contribution >= 0.6 is 24.0 Å². The smallest absolute Gasteiger partial charge is 0.227 e. The number of hydrogen-bond acceptors (Lipinski definition) is 3. The third kappa shape index (κ3) is 3.83. The van der Waals surface area contributed by atoms with Crippen molar-refractivity contribution in [2.45, 2.75) is 31.7 Å². The zero-order valence-corrected chi connectivity index (χ0v) is 11.5. The minimum atomic E-state index is 0. The Morgan fingerprint density at radius 2 is 2.06 bits per heavy atom. The Kier molecular flexibility index (Phi) is 5.85. The number of aromatic nitrogens is 1. The minimum Gasteiger partial charge on any atom is -0.328 e. The van der Waals surface area contributed by atoms with E-state index in [2.05, 4.69) is 10.3 Å². The molecule has 0 unspecified atom stereocenters. The van der Waals surface area contributed by atoms with Crippen LogP contribution in [0.3, 0.4) is 0 Å². The van der Waals surface area contributed by atoms with E-state index in [-0.39, 0.29) is 30.3 Å². The molecule has 100 valence electrons. The molecule has 0 aromatic carbocycles. The Hall–Kier alpha value is -0.840. The van der Waals surface area contributed by atoms with Crippen LogP contribution in [0.15, 0.2) is 18.5 Å². The third-order valence-electron chi connectivity index (χ3n) is 3.17. The lowest BCUT2D eigenvalue weighted by Crippen LogP contribution is -2.32. The van der Waals surface area contributed by atoms with E-state index in [1.165, 1.54) is 6.20 Å². The van der Waals surface area contributed by atoms with E-state index in [4.69, 9.17) is 17.3 Å². The van der Waals surface area contributed by atoms with Crippen LogP contribution in [0.2, 0.25) is 5.02 Å². The average Bonchev–Trinajstić information content (AvgIpc) is 2.33. The number of hydrogen-bond donors (Lipinski definition) is 2. The van der Waals surface area contributed by atoms with Gasteiger partial charge in [0.15, 0.2) is 0 Å². The highest BCUT2D eigenvalue weighted by atomic mass is 35.5. The molecule has 1 aliphatic rings. The van der Waals surface area contributed by atoms with Crippen molar-refractivity contribution in [3.05, 3.63) is 23.5 Å². The number of nitrogens with zero attached hydrogens (tertiary/aromatic N) is 1. The van der Waals surface area contributed by atoms with Gasteiger partial charge in [0, 0.05) is 24.4 Å². The number of anilines is 1. The summed E-state index contributed by atoms with van der Waals surface area (Å²) in [6, 6.07) is 1.96. The number of carbonyl (C=O) groups excluding carboxylic acids is 1. The zero-order chi connectivity index (χ0) is 12.3. The van der Waals surface area contributed by atoms with Crippen molar-refractivity contribution in [3.63, 3.8) is 0 Å². The van der Waals surface area contributed by atoms with E-state index in [1.54, 1.807) is 12.3 Å². The lowest BCUT2D eigenvalue weighted by atomic mass is 9.86. The summed E-state index contributed by atoms with van der Waals surface area (Å²) in [5.41, 5.74) is 6.44. The predicted octanol–water partition coefficient (Wildman–Crippen LogP) is 2.61. The summed E-state index contributed by atoms with van der Waals surface area (Å²) < 4.78 is 0. The van der Waals surface area contributed by atoms with Crippen LogP contribution in [0.25, 0.3) is 0 Å². The fraction of sp³-hybridized carbons (Fsp3) is 0.500. The molecule has 1 saturated carbocycles. The fourth-order valence-corrected chi connectivity index (χ4v) is 2.26. The number of nitrogens with one attached hydrogen (secondary N) is 1. The molecule has 1 aliphatic carbocycles. The number of halogens is 2. The molecule has 1 aromatic heterocycles. The van der Waals surface area contributed by atoms with Gasteiger partial charge in [0.1, 0.15) is 0 Å². The fourth-order valence-electron chi connectivity index (χ4n) is 2.09. The average molecular weight is 290 g/mol. The van der Waals surface area contributed by atoms with Gasteiger partial charge in [-0.1, -0.05) is 11.6 Å². The van der Waals surface area contributed by atoms with Crippen LogP contribution in [0.4, 0.5) is 5.69 Å². The molecule has 6 heteroatoms. The molecule has 1 aromatic rings. The standard InChI is InChI=1S/C12H16ClN3O.ClH/c13-10-7-15-6-5-11(10)16-12(17)8-1-3-9(14)4-2-8;/h5-9H,1-4,14H2,(H,15,16,17);1H/t8-,9-;. The summed E-state index contributed by atoms with van der Waals surface area (Å²) in [7, 11) is 0. The first kappa shape index (κ1) is 15.2. The number of amides is 1. The molecule has 0 bridgehead atoms. The molecule has 0 saturated heterocycles. The second-order valence-corrected chi connectivity index (χ2v) is 4.86. The first-order valence-electron chi connectivity index (χ1n) is 5.83. The van der Waals surface area contributed by atoms with Crippen LogP contribution in [0.1, 0.15) is 25.7 Å². The Morgan fingerprint density at radius 1 is 1.39 bits per heavy atom. The largest absolute Gasteiger partial charge is 0.328 e. The van der Waals surface area contributed by atoms with Gasteiger partial charge in [-0.2, -0.15) is 0 Å². The zero-order valence-electron chi connectivity index (χ0n) is 9.93. The van der Waals surface area contributed by atoms with Crippen LogP contribution in [0, 0.1) is 5.92 Å². The van der Waals surface area contributed by atoms with Crippen molar-refractivity contribution in [2.75, 3.05) is 5.32 Å². The van der Waals surface area contributed by atoms with Crippen molar-refractivity contribution < 1.29 is 4.79 Å². The molecule has 0 spiro atoms. The lowest BCUT2D eigenvalue weighted by molar-refractivity contribution is -0.120. The highest BCUT2D eigenvalue weighted by Gasteiger charge is 2.24. The monoisotopic (exact) mass is 289 g/mol. The molecular weight excluding hydrogens is 273 g/mol. The Labute approximate surface area is 118 Å². The van der Waals surface area contributed by atoms with E-state index in [0.29, 0.717) is 10.7 Å². The molecule has 2 rings (SSSR count). The van der Waals surface area contributed by atoms with Gasteiger partial charge in [0.25, 0.3) is 0 Å². The minimum absolute atomic E-state index is 0. The highest BCUT2D eigenvalue weighted by molar-refractivity contribution is 6.33. The molecule has 1 fully saturated rings. The van der Waals surface area contributed by atoms with E-state index in [9.17, 15) is 4.79 Å². The molecule has 0 aliphatic heterocycles. The van der Waals surface area contributed by atoms with E-state index in [1.807, 2.05) is 0 Å². The Balaban J connectivity index is 0.00000162. The maximum absolute atomic E-state index is 12.0. The molecular formula is C12H17Cl2N3O. The molecule has 0 atom stereocenters. The molecule has 3 N–H and O–H groups in total.